The first-order valence-electron chi connectivity index (χ1n) is 5.26. The molecule has 0 aliphatic heterocycles. The zero-order valence-electron chi connectivity index (χ0n) is 8.91. The monoisotopic (exact) mass is 287 g/mol. The second-order valence-electron chi connectivity index (χ2n) is 4.41. The number of alkyl halides is 4. The molecular weight excluding hydrogens is 271 g/mol. The van der Waals surface area contributed by atoms with Crippen molar-refractivity contribution in [3.8, 4) is 0 Å². The van der Waals surface area contributed by atoms with Crippen molar-refractivity contribution in [1.82, 2.24) is 4.90 Å². The average molecular weight is 288 g/mol. The summed E-state index contributed by atoms with van der Waals surface area (Å²) >= 11 is 3.41. The maximum absolute atomic E-state index is 12.2. The van der Waals surface area contributed by atoms with Gasteiger partial charge in [-0.05, 0) is 24.8 Å². The molecule has 90 valence electrons. The summed E-state index contributed by atoms with van der Waals surface area (Å²) < 4.78 is 36.7. The van der Waals surface area contributed by atoms with Crippen LogP contribution in [0.4, 0.5) is 13.2 Å². The molecule has 5 heteroatoms. The first kappa shape index (κ1) is 13.3. The van der Waals surface area contributed by atoms with Crippen molar-refractivity contribution in [2.45, 2.75) is 32.4 Å². The van der Waals surface area contributed by atoms with Gasteiger partial charge < -0.3 is 0 Å². The van der Waals surface area contributed by atoms with Crippen LogP contribution in [0.25, 0.3) is 0 Å². The summed E-state index contributed by atoms with van der Waals surface area (Å²) in [6.07, 6.45) is -0.832. The van der Waals surface area contributed by atoms with E-state index in [9.17, 15) is 13.2 Å². The van der Waals surface area contributed by atoms with Crippen molar-refractivity contribution in [3.05, 3.63) is 0 Å². The molecule has 0 bridgehead atoms. The summed E-state index contributed by atoms with van der Waals surface area (Å²) in [5.41, 5.74) is 0.0985. The van der Waals surface area contributed by atoms with Crippen LogP contribution in [0.2, 0.25) is 0 Å². The average Bonchev–Trinajstić information content (AvgIpc) is 2.07. The molecule has 0 aromatic rings. The van der Waals surface area contributed by atoms with Gasteiger partial charge in [0.2, 0.25) is 0 Å². The summed E-state index contributed by atoms with van der Waals surface area (Å²) in [4.78, 5) is 1.50. The highest BCUT2D eigenvalue weighted by atomic mass is 79.9. The van der Waals surface area contributed by atoms with Gasteiger partial charge in [0.05, 0.1) is 6.54 Å². The third kappa shape index (κ3) is 3.94. The Bertz CT molecular complexity index is 196. The third-order valence-corrected chi connectivity index (χ3v) is 4.30. The van der Waals surface area contributed by atoms with E-state index in [-0.39, 0.29) is 5.41 Å². The van der Waals surface area contributed by atoms with E-state index in [0.29, 0.717) is 13.1 Å². The molecule has 0 unspecified atom stereocenters. The Morgan fingerprint density at radius 2 is 1.93 bits per heavy atom. The summed E-state index contributed by atoms with van der Waals surface area (Å²) in [6, 6.07) is 0. The molecule has 1 saturated carbocycles. The molecule has 0 N–H and O–H groups in total. The number of nitrogens with zero attached hydrogens (tertiary/aromatic N) is 1. The zero-order valence-corrected chi connectivity index (χ0v) is 10.5. The van der Waals surface area contributed by atoms with Crippen molar-refractivity contribution >= 4 is 15.9 Å². The normalized spacial score (nSPS) is 20.4. The fourth-order valence-electron chi connectivity index (χ4n) is 2.02. The van der Waals surface area contributed by atoms with Crippen LogP contribution in [0.15, 0.2) is 0 Å². The molecule has 0 saturated heterocycles. The summed E-state index contributed by atoms with van der Waals surface area (Å²) in [7, 11) is 0. The van der Waals surface area contributed by atoms with Gasteiger partial charge >= 0.3 is 6.18 Å². The van der Waals surface area contributed by atoms with Crippen molar-refractivity contribution in [3.63, 3.8) is 0 Å². The van der Waals surface area contributed by atoms with E-state index in [1.165, 1.54) is 4.90 Å². The largest absolute Gasteiger partial charge is 0.401 e. The third-order valence-electron chi connectivity index (χ3n) is 3.11. The van der Waals surface area contributed by atoms with Crippen LogP contribution < -0.4 is 0 Å². The summed E-state index contributed by atoms with van der Waals surface area (Å²) in [6.45, 7) is 2.03. The van der Waals surface area contributed by atoms with E-state index in [1.54, 1.807) is 6.92 Å². The number of hydrogen-bond acceptors (Lipinski definition) is 1. The molecule has 1 rings (SSSR count). The lowest BCUT2D eigenvalue weighted by atomic mass is 9.70. The lowest BCUT2D eigenvalue weighted by molar-refractivity contribution is -0.149. The highest BCUT2D eigenvalue weighted by Crippen LogP contribution is 2.43. The number of rotatable bonds is 5. The van der Waals surface area contributed by atoms with E-state index in [1.807, 2.05) is 0 Å². The van der Waals surface area contributed by atoms with Gasteiger partial charge in [-0.2, -0.15) is 13.2 Å². The minimum Gasteiger partial charge on any atom is -0.295 e. The Kier molecular flexibility index (Phi) is 4.47. The van der Waals surface area contributed by atoms with Gasteiger partial charge in [-0.1, -0.05) is 29.3 Å². The van der Waals surface area contributed by atoms with Gasteiger partial charge in [-0.25, -0.2) is 0 Å². The maximum Gasteiger partial charge on any atom is 0.401 e. The van der Waals surface area contributed by atoms with Gasteiger partial charge in [0.1, 0.15) is 0 Å². The van der Waals surface area contributed by atoms with Crippen LogP contribution in [-0.2, 0) is 0 Å². The maximum atomic E-state index is 12.2. The van der Waals surface area contributed by atoms with E-state index in [4.69, 9.17) is 0 Å². The molecule has 0 atom stereocenters. The van der Waals surface area contributed by atoms with Crippen molar-refractivity contribution in [2.75, 3.05) is 25.0 Å². The number of hydrogen-bond donors (Lipinski definition) is 0. The topological polar surface area (TPSA) is 3.24 Å². The Morgan fingerprint density at radius 3 is 2.20 bits per heavy atom. The van der Waals surface area contributed by atoms with Gasteiger partial charge in [0, 0.05) is 11.9 Å². The predicted molar refractivity (Wildman–Crippen MR) is 58.2 cm³/mol. The fraction of sp³-hybridized carbons (Fsp3) is 1.00. The van der Waals surface area contributed by atoms with Gasteiger partial charge in [0.25, 0.3) is 0 Å². The zero-order chi connectivity index (χ0) is 11.5. The molecular formula is C10H17BrF3N. The highest BCUT2D eigenvalue weighted by molar-refractivity contribution is 9.09. The minimum absolute atomic E-state index is 0.0985. The van der Waals surface area contributed by atoms with Crippen molar-refractivity contribution in [1.29, 1.82) is 0 Å². The lowest BCUT2D eigenvalue weighted by Gasteiger charge is -2.44. The lowest BCUT2D eigenvalue weighted by Crippen LogP contribution is -2.46. The Balaban J connectivity index is 2.45. The summed E-state index contributed by atoms with van der Waals surface area (Å²) in [5, 5.41) is 0.814. The van der Waals surface area contributed by atoms with E-state index >= 15 is 0 Å². The molecule has 1 aliphatic rings. The molecule has 1 nitrogen and oxygen atoms in total. The van der Waals surface area contributed by atoms with Gasteiger partial charge in [-0.15, -0.1) is 0 Å². The Labute approximate surface area is 97.1 Å². The molecule has 0 aromatic carbocycles. The Hall–Kier alpha value is 0.230. The summed E-state index contributed by atoms with van der Waals surface area (Å²) in [5.74, 6) is 0. The SMILES string of the molecule is CCN(CC(F)(F)F)CC1(CBr)CCC1. The van der Waals surface area contributed by atoms with E-state index in [2.05, 4.69) is 15.9 Å². The van der Waals surface area contributed by atoms with E-state index in [0.717, 1.165) is 24.6 Å². The fourth-order valence-corrected chi connectivity index (χ4v) is 2.76. The second kappa shape index (κ2) is 5.04. The molecule has 0 heterocycles. The number of halogens is 4. The molecule has 15 heavy (non-hydrogen) atoms. The van der Waals surface area contributed by atoms with Crippen LogP contribution in [-0.4, -0.2) is 36.0 Å². The standard InChI is InChI=1S/C10H17BrF3N/c1-2-15(8-10(12,13)14)7-9(6-11)4-3-5-9/h2-8H2,1H3. The highest BCUT2D eigenvalue weighted by Gasteiger charge is 2.39. The van der Waals surface area contributed by atoms with Crippen molar-refractivity contribution < 1.29 is 13.2 Å². The smallest absolute Gasteiger partial charge is 0.295 e. The predicted octanol–water partition coefficient (Wildman–Crippen LogP) is 3.44. The molecule has 1 fully saturated rings. The molecule has 0 spiro atoms. The van der Waals surface area contributed by atoms with E-state index < -0.39 is 12.7 Å². The Morgan fingerprint density at radius 1 is 1.33 bits per heavy atom. The van der Waals surface area contributed by atoms with Crippen LogP contribution in [0.5, 0.6) is 0 Å². The van der Waals surface area contributed by atoms with Crippen LogP contribution in [0.3, 0.4) is 0 Å². The first-order chi connectivity index (χ1) is 6.91. The quantitative estimate of drug-likeness (QED) is 0.700. The first-order valence-corrected chi connectivity index (χ1v) is 6.38. The minimum atomic E-state index is -4.08. The van der Waals surface area contributed by atoms with Crippen LogP contribution in [0, 0.1) is 5.41 Å². The molecule has 0 radical (unpaired) electrons. The second-order valence-corrected chi connectivity index (χ2v) is 4.97. The van der Waals surface area contributed by atoms with Gasteiger partial charge in [0.15, 0.2) is 0 Å². The van der Waals surface area contributed by atoms with Crippen LogP contribution >= 0.6 is 15.9 Å². The van der Waals surface area contributed by atoms with Crippen molar-refractivity contribution in [2.24, 2.45) is 5.41 Å². The molecule has 0 amide bonds. The van der Waals surface area contributed by atoms with Crippen LogP contribution in [0.1, 0.15) is 26.2 Å². The van der Waals surface area contributed by atoms with Gasteiger partial charge in [-0.3, -0.25) is 4.90 Å². The molecule has 0 aromatic heterocycles. The molecule has 1 aliphatic carbocycles.